The Bertz CT molecular complexity index is 934. The van der Waals surface area contributed by atoms with Crippen LogP contribution in [0, 0.1) is 20.2 Å². The zero-order valence-electron chi connectivity index (χ0n) is 16.7. The summed E-state index contributed by atoms with van der Waals surface area (Å²) in [7, 11) is 0. The van der Waals surface area contributed by atoms with Crippen LogP contribution in [-0.2, 0) is 0 Å². The number of anilines is 1. The predicted molar refractivity (Wildman–Crippen MR) is 108 cm³/mol. The smallest absolute Gasteiger partial charge is 0.299 e. The Kier molecular flexibility index (Phi) is 7.50. The normalized spacial score (nSPS) is 10.2. The molecule has 0 heterocycles. The van der Waals surface area contributed by atoms with Gasteiger partial charge in [0, 0.05) is 11.6 Å². The van der Waals surface area contributed by atoms with Gasteiger partial charge in [-0.1, -0.05) is 0 Å². The number of hydrogen-bond donors (Lipinski definition) is 1. The highest BCUT2D eigenvalue weighted by atomic mass is 16.6. The Labute approximate surface area is 171 Å². The van der Waals surface area contributed by atoms with Gasteiger partial charge in [0.05, 0.1) is 35.7 Å². The third kappa shape index (κ3) is 5.13. The molecule has 0 radical (unpaired) electrons. The molecule has 0 aromatic heterocycles. The van der Waals surface area contributed by atoms with E-state index in [0.717, 1.165) is 18.2 Å². The number of nitro benzene ring substituents is 2. The molecule has 11 heteroatoms. The molecule has 0 spiro atoms. The van der Waals surface area contributed by atoms with Crippen molar-refractivity contribution in [2.75, 3.05) is 25.1 Å². The zero-order valence-corrected chi connectivity index (χ0v) is 16.7. The number of non-ortho nitro benzene ring substituents is 1. The number of amides is 1. The van der Waals surface area contributed by atoms with E-state index in [0.29, 0.717) is 25.6 Å². The summed E-state index contributed by atoms with van der Waals surface area (Å²) in [4.78, 5) is 33.4. The lowest BCUT2D eigenvalue weighted by atomic mass is 10.1. The highest BCUT2D eigenvalue weighted by molar-refractivity contribution is 6.06. The van der Waals surface area contributed by atoms with Crippen molar-refractivity contribution in [1.29, 1.82) is 0 Å². The van der Waals surface area contributed by atoms with Crippen LogP contribution in [0.1, 0.15) is 31.1 Å². The van der Waals surface area contributed by atoms with Crippen LogP contribution in [0.3, 0.4) is 0 Å². The van der Waals surface area contributed by atoms with E-state index >= 15 is 0 Å². The SMILES string of the molecule is CCOc1cc(C(=O)Nc2ccc([N+](=O)[O-])cc2[N+](=O)[O-])cc(OCC)c1OCC. The fraction of sp³-hybridized carbons (Fsp3) is 0.316. The second kappa shape index (κ2) is 10.0. The van der Waals surface area contributed by atoms with Crippen LogP contribution in [0.25, 0.3) is 0 Å². The number of nitrogens with one attached hydrogen (secondary N) is 1. The maximum atomic E-state index is 12.8. The van der Waals surface area contributed by atoms with Gasteiger partial charge in [-0.05, 0) is 39.0 Å². The van der Waals surface area contributed by atoms with Gasteiger partial charge in [0.15, 0.2) is 11.5 Å². The van der Waals surface area contributed by atoms with Gasteiger partial charge in [0.25, 0.3) is 17.3 Å². The van der Waals surface area contributed by atoms with E-state index in [1.807, 2.05) is 0 Å². The first-order chi connectivity index (χ1) is 14.3. The Morgan fingerprint density at radius 2 is 1.47 bits per heavy atom. The summed E-state index contributed by atoms with van der Waals surface area (Å²) in [5.41, 5.74) is -1.13. The lowest BCUT2D eigenvalue weighted by molar-refractivity contribution is -0.393. The summed E-state index contributed by atoms with van der Waals surface area (Å²) in [6, 6.07) is 5.83. The average Bonchev–Trinajstić information content (AvgIpc) is 2.70. The molecular formula is C19H21N3O8. The molecule has 0 aliphatic heterocycles. The molecule has 160 valence electrons. The van der Waals surface area contributed by atoms with Crippen LogP contribution in [0.2, 0.25) is 0 Å². The number of rotatable bonds is 10. The number of nitrogens with zero attached hydrogens (tertiary/aromatic N) is 2. The second-order valence-electron chi connectivity index (χ2n) is 5.77. The fourth-order valence-corrected chi connectivity index (χ4v) is 2.60. The maximum Gasteiger partial charge on any atom is 0.299 e. The topological polar surface area (TPSA) is 143 Å². The molecule has 0 saturated carbocycles. The van der Waals surface area contributed by atoms with Crippen LogP contribution in [0.15, 0.2) is 30.3 Å². The fourth-order valence-electron chi connectivity index (χ4n) is 2.60. The van der Waals surface area contributed by atoms with Crippen molar-refractivity contribution in [2.45, 2.75) is 20.8 Å². The Morgan fingerprint density at radius 1 is 0.900 bits per heavy atom. The van der Waals surface area contributed by atoms with E-state index < -0.39 is 27.1 Å². The summed E-state index contributed by atoms with van der Waals surface area (Å²) < 4.78 is 16.7. The van der Waals surface area contributed by atoms with Gasteiger partial charge in [0.2, 0.25) is 5.75 Å². The maximum absolute atomic E-state index is 12.8. The molecule has 0 saturated heterocycles. The van der Waals surface area contributed by atoms with Crippen LogP contribution < -0.4 is 19.5 Å². The van der Waals surface area contributed by atoms with Crippen molar-refractivity contribution >= 4 is 23.0 Å². The monoisotopic (exact) mass is 419 g/mol. The number of hydrogen-bond acceptors (Lipinski definition) is 8. The van der Waals surface area contributed by atoms with E-state index in [1.54, 1.807) is 20.8 Å². The number of carbonyl (C=O) groups excluding carboxylic acids is 1. The quantitative estimate of drug-likeness (QED) is 0.450. The van der Waals surface area contributed by atoms with Gasteiger partial charge in [-0.2, -0.15) is 0 Å². The van der Waals surface area contributed by atoms with Crippen LogP contribution >= 0.6 is 0 Å². The van der Waals surface area contributed by atoms with Gasteiger partial charge < -0.3 is 19.5 Å². The van der Waals surface area contributed by atoms with E-state index in [4.69, 9.17) is 14.2 Å². The molecule has 0 aliphatic carbocycles. The standard InChI is InChI=1S/C19H21N3O8/c1-4-28-16-9-12(10-17(29-5-2)18(16)30-6-3)19(23)20-14-8-7-13(21(24)25)11-15(14)22(26)27/h7-11H,4-6H2,1-3H3,(H,20,23). The number of ether oxygens (including phenoxy) is 3. The number of nitro groups is 2. The first kappa shape index (κ1) is 22.4. The van der Waals surface area contributed by atoms with Crippen LogP contribution in [0.5, 0.6) is 17.2 Å². The zero-order chi connectivity index (χ0) is 22.3. The van der Waals surface area contributed by atoms with Crippen molar-refractivity contribution in [3.63, 3.8) is 0 Å². The Balaban J connectivity index is 2.45. The third-order valence-electron chi connectivity index (χ3n) is 3.81. The van der Waals surface area contributed by atoms with Gasteiger partial charge in [-0.25, -0.2) is 0 Å². The first-order valence-electron chi connectivity index (χ1n) is 9.12. The van der Waals surface area contributed by atoms with E-state index in [2.05, 4.69) is 5.32 Å². The highest BCUT2D eigenvalue weighted by Gasteiger charge is 2.23. The van der Waals surface area contributed by atoms with Gasteiger partial charge in [-0.3, -0.25) is 25.0 Å². The van der Waals surface area contributed by atoms with Gasteiger partial charge >= 0.3 is 0 Å². The highest BCUT2D eigenvalue weighted by Crippen LogP contribution is 2.39. The summed E-state index contributed by atoms with van der Waals surface area (Å²) in [6.45, 7) is 6.29. The minimum Gasteiger partial charge on any atom is -0.490 e. The van der Waals surface area contributed by atoms with E-state index in [9.17, 15) is 25.0 Å². The molecule has 1 amide bonds. The summed E-state index contributed by atoms with van der Waals surface area (Å²) in [6.07, 6.45) is 0. The summed E-state index contributed by atoms with van der Waals surface area (Å²) in [5, 5.41) is 24.6. The molecule has 30 heavy (non-hydrogen) atoms. The molecule has 11 nitrogen and oxygen atoms in total. The Hall–Kier alpha value is -3.89. The Morgan fingerprint density at radius 3 is 1.93 bits per heavy atom. The second-order valence-corrected chi connectivity index (χ2v) is 5.77. The predicted octanol–water partition coefficient (Wildman–Crippen LogP) is 3.95. The molecular weight excluding hydrogens is 398 g/mol. The first-order valence-corrected chi connectivity index (χ1v) is 9.12. The van der Waals surface area contributed by atoms with Crippen LogP contribution in [-0.4, -0.2) is 35.6 Å². The average molecular weight is 419 g/mol. The van der Waals surface area contributed by atoms with Crippen molar-refractivity contribution < 1.29 is 28.9 Å². The lowest BCUT2D eigenvalue weighted by Gasteiger charge is -2.17. The van der Waals surface area contributed by atoms with Crippen molar-refractivity contribution in [3.8, 4) is 17.2 Å². The lowest BCUT2D eigenvalue weighted by Crippen LogP contribution is -2.14. The van der Waals surface area contributed by atoms with Gasteiger partial charge in [-0.15, -0.1) is 0 Å². The van der Waals surface area contributed by atoms with Gasteiger partial charge in [0.1, 0.15) is 5.69 Å². The van der Waals surface area contributed by atoms with Crippen LogP contribution in [0.4, 0.5) is 17.1 Å². The molecule has 0 bridgehead atoms. The minimum atomic E-state index is -0.807. The molecule has 0 aliphatic rings. The van der Waals surface area contributed by atoms with E-state index in [1.165, 1.54) is 12.1 Å². The molecule has 2 aromatic rings. The largest absolute Gasteiger partial charge is 0.490 e. The number of benzene rings is 2. The van der Waals surface area contributed by atoms with Crippen molar-refractivity contribution in [2.24, 2.45) is 0 Å². The third-order valence-corrected chi connectivity index (χ3v) is 3.81. The molecule has 1 N–H and O–H groups in total. The number of carbonyl (C=O) groups is 1. The summed E-state index contributed by atoms with van der Waals surface area (Å²) in [5.74, 6) is 0.235. The molecule has 0 unspecified atom stereocenters. The molecule has 0 atom stereocenters. The van der Waals surface area contributed by atoms with E-state index in [-0.39, 0.29) is 22.7 Å². The molecule has 0 fully saturated rings. The summed E-state index contributed by atoms with van der Waals surface area (Å²) >= 11 is 0. The van der Waals surface area contributed by atoms with Crippen molar-refractivity contribution in [3.05, 3.63) is 56.1 Å². The molecule has 2 rings (SSSR count). The minimum absolute atomic E-state index is 0.109. The molecule has 2 aromatic carbocycles. The van der Waals surface area contributed by atoms with Crippen molar-refractivity contribution in [1.82, 2.24) is 0 Å².